The molecule has 0 spiro atoms. The Kier molecular flexibility index (Phi) is 1.72. The largest absolute Gasteiger partial charge is 0.206 e. The first-order valence-corrected chi connectivity index (χ1v) is 4.92. The van der Waals surface area contributed by atoms with Crippen molar-refractivity contribution in [3.63, 3.8) is 0 Å². The van der Waals surface area contributed by atoms with Gasteiger partial charge in [0.1, 0.15) is 5.82 Å². The van der Waals surface area contributed by atoms with E-state index in [-0.39, 0.29) is 5.82 Å². The Morgan fingerprint density at radius 3 is 2.33 bits per heavy atom. The lowest BCUT2D eigenvalue weighted by atomic mass is 10.0. The van der Waals surface area contributed by atoms with Crippen LogP contribution in [-0.4, -0.2) is 0 Å². The molecule has 0 aliphatic rings. The molecule has 72 valence electrons. The highest BCUT2D eigenvalue weighted by Crippen LogP contribution is 2.26. The maximum absolute atomic E-state index is 13.5. The first-order valence-electron chi connectivity index (χ1n) is 4.92. The maximum atomic E-state index is 13.5. The third-order valence-corrected chi connectivity index (χ3v) is 2.73. The van der Waals surface area contributed by atoms with Crippen LogP contribution in [0.2, 0.25) is 0 Å². The lowest BCUT2D eigenvalue weighted by Crippen LogP contribution is -1.80. The van der Waals surface area contributed by atoms with Gasteiger partial charge in [0.25, 0.3) is 0 Å². The summed E-state index contributed by atoms with van der Waals surface area (Å²) in [7, 11) is 0. The van der Waals surface area contributed by atoms with E-state index < -0.39 is 0 Å². The number of hydrogen-bond acceptors (Lipinski definition) is 0. The fourth-order valence-corrected chi connectivity index (χ4v) is 2.00. The van der Waals surface area contributed by atoms with Crippen LogP contribution in [0.3, 0.4) is 0 Å². The van der Waals surface area contributed by atoms with Crippen LogP contribution in [0.15, 0.2) is 54.6 Å². The summed E-state index contributed by atoms with van der Waals surface area (Å²) in [5, 5.41) is 3.93. The van der Waals surface area contributed by atoms with Gasteiger partial charge in [0.15, 0.2) is 0 Å². The molecular weight excluding hydrogens is 187 g/mol. The molecule has 0 radical (unpaired) electrons. The van der Waals surface area contributed by atoms with E-state index in [0.29, 0.717) is 5.39 Å². The molecule has 0 N–H and O–H groups in total. The van der Waals surface area contributed by atoms with Gasteiger partial charge in [0.05, 0.1) is 0 Å². The molecular formula is C14H9F. The summed E-state index contributed by atoms with van der Waals surface area (Å²) in [5.41, 5.74) is 0. The highest BCUT2D eigenvalue weighted by Gasteiger charge is 2.02. The standard InChI is InChI=1S/C14H9F/c15-14-7-3-6-12-11-5-2-1-4-10(11)8-9-13(12)14/h1-9H. The fraction of sp³-hybridized carbons (Fsp3) is 0. The van der Waals surface area contributed by atoms with Crippen molar-refractivity contribution >= 4 is 21.5 Å². The number of halogens is 1. The molecule has 0 nitrogen and oxygen atoms in total. The van der Waals surface area contributed by atoms with Gasteiger partial charge in [-0.2, -0.15) is 0 Å². The van der Waals surface area contributed by atoms with Crippen molar-refractivity contribution in [2.24, 2.45) is 0 Å². The number of benzene rings is 3. The molecule has 0 bridgehead atoms. The van der Waals surface area contributed by atoms with Crippen LogP contribution >= 0.6 is 0 Å². The minimum atomic E-state index is -0.154. The average Bonchev–Trinajstić information content (AvgIpc) is 2.29. The Morgan fingerprint density at radius 1 is 0.600 bits per heavy atom. The molecule has 0 aromatic heterocycles. The van der Waals surface area contributed by atoms with Gasteiger partial charge in [-0.3, -0.25) is 0 Å². The number of rotatable bonds is 0. The Morgan fingerprint density at radius 2 is 1.40 bits per heavy atom. The van der Waals surface area contributed by atoms with Gasteiger partial charge in [-0.25, -0.2) is 4.39 Å². The average molecular weight is 196 g/mol. The van der Waals surface area contributed by atoms with Crippen molar-refractivity contribution in [3.8, 4) is 0 Å². The van der Waals surface area contributed by atoms with Crippen molar-refractivity contribution in [2.75, 3.05) is 0 Å². The lowest BCUT2D eigenvalue weighted by molar-refractivity contribution is 0.640. The summed E-state index contributed by atoms with van der Waals surface area (Å²) < 4.78 is 13.5. The molecule has 0 aliphatic heterocycles. The van der Waals surface area contributed by atoms with E-state index in [9.17, 15) is 4.39 Å². The summed E-state index contributed by atoms with van der Waals surface area (Å²) >= 11 is 0. The van der Waals surface area contributed by atoms with Crippen LogP contribution in [0, 0.1) is 5.82 Å². The monoisotopic (exact) mass is 196 g/mol. The molecule has 0 unspecified atom stereocenters. The summed E-state index contributed by atoms with van der Waals surface area (Å²) in [5.74, 6) is -0.154. The van der Waals surface area contributed by atoms with Crippen molar-refractivity contribution in [3.05, 3.63) is 60.4 Å². The molecule has 15 heavy (non-hydrogen) atoms. The Labute approximate surface area is 87.0 Å². The molecule has 0 saturated heterocycles. The predicted molar refractivity (Wildman–Crippen MR) is 61.4 cm³/mol. The predicted octanol–water partition coefficient (Wildman–Crippen LogP) is 4.13. The zero-order valence-electron chi connectivity index (χ0n) is 8.07. The van der Waals surface area contributed by atoms with Crippen LogP contribution in [0.4, 0.5) is 4.39 Å². The van der Waals surface area contributed by atoms with Gasteiger partial charge in [-0.15, -0.1) is 0 Å². The summed E-state index contributed by atoms with van der Waals surface area (Å²) in [6.07, 6.45) is 0. The lowest BCUT2D eigenvalue weighted by Gasteiger charge is -2.03. The topological polar surface area (TPSA) is 0 Å². The zero-order valence-corrected chi connectivity index (χ0v) is 8.07. The van der Waals surface area contributed by atoms with Crippen LogP contribution in [0.25, 0.3) is 21.5 Å². The van der Waals surface area contributed by atoms with Gasteiger partial charge in [0, 0.05) is 5.39 Å². The van der Waals surface area contributed by atoms with Crippen LogP contribution < -0.4 is 0 Å². The van der Waals surface area contributed by atoms with E-state index >= 15 is 0 Å². The molecule has 0 aliphatic carbocycles. The highest BCUT2D eigenvalue weighted by molar-refractivity contribution is 6.07. The Hall–Kier alpha value is -1.89. The minimum absolute atomic E-state index is 0.154. The fourth-order valence-electron chi connectivity index (χ4n) is 2.00. The van der Waals surface area contributed by atoms with Crippen molar-refractivity contribution in [1.29, 1.82) is 0 Å². The molecule has 3 rings (SSSR count). The third kappa shape index (κ3) is 1.20. The second-order valence-electron chi connectivity index (χ2n) is 3.62. The first kappa shape index (κ1) is 8.42. The second kappa shape index (κ2) is 3.06. The van der Waals surface area contributed by atoms with Gasteiger partial charge in [-0.05, 0) is 22.2 Å². The molecule has 0 saturated carbocycles. The quantitative estimate of drug-likeness (QED) is 0.474. The first-order chi connectivity index (χ1) is 7.36. The van der Waals surface area contributed by atoms with Gasteiger partial charge in [0.2, 0.25) is 0 Å². The highest BCUT2D eigenvalue weighted by atomic mass is 19.1. The zero-order chi connectivity index (χ0) is 10.3. The molecule has 3 aromatic carbocycles. The molecule has 0 atom stereocenters. The van der Waals surface area contributed by atoms with Crippen molar-refractivity contribution in [1.82, 2.24) is 0 Å². The Bertz CT molecular complexity index is 641. The summed E-state index contributed by atoms with van der Waals surface area (Å²) in [6, 6.07) is 17.0. The van der Waals surface area contributed by atoms with Crippen LogP contribution in [-0.2, 0) is 0 Å². The summed E-state index contributed by atoms with van der Waals surface area (Å²) in [6.45, 7) is 0. The third-order valence-electron chi connectivity index (χ3n) is 2.73. The molecule has 0 heterocycles. The SMILES string of the molecule is Fc1cccc2c1ccc1ccccc12. The summed E-state index contributed by atoms with van der Waals surface area (Å²) in [4.78, 5) is 0. The van der Waals surface area contributed by atoms with Crippen molar-refractivity contribution < 1.29 is 4.39 Å². The maximum Gasteiger partial charge on any atom is 0.131 e. The second-order valence-corrected chi connectivity index (χ2v) is 3.62. The minimum Gasteiger partial charge on any atom is -0.206 e. The number of hydrogen-bond donors (Lipinski definition) is 0. The van der Waals surface area contributed by atoms with Crippen molar-refractivity contribution in [2.45, 2.75) is 0 Å². The Balaban J connectivity index is 2.60. The van der Waals surface area contributed by atoms with Gasteiger partial charge in [-0.1, -0.05) is 48.5 Å². The molecule has 1 heteroatoms. The van der Waals surface area contributed by atoms with Gasteiger partial charge < -0.3 is 0 Å². The van der Waals surface area contributed by atoms with E-state index in [2.05, 4.69) is 0 Å². The van der Waals surface area contributed by atoms with Crippen LogP contribution in [0.1, 0.15) is 0 Å². The smallest absolute Gasteiger partial charge is 0.131 e. The van der Waals surface area contributed by atoms with E-state index in [1.165, 1.54) is 6.07 Å². The molecule has 3 aromatic rings. The molecule has 0 amide bonds. The molecule has 0 fully saturated rings. The normalized spacial score (nSPS) is 11.0. The van der Waals surface area contributed by atoms with E-state index in [1.807, 2.05) is 42.5 Å². The van der Waals surface area contributed by atoms with E-state index in [1.54, 1.807) is 6.07 Å². The number of fused-ring (bicyclic) bond motifs is 3. The van der Waals surface area contributed by atoms with E-state index in [0.717, 1.165) is 16.2 Å². The van der Waals surface area contributed by atoms with Gasteiger partial charge >= 0.3 is 0 Å². The van der Waals surface area contributed by atoms with E-state index in [4.69, 9.17) is 0 Å². The van der Waals surface area contributed by atoms with Crippen LogP contribution in [0.5, 0.6) is 0 Å².